The highest BCUT2D eigenvalue weighted by Crippen LogP contribution is 2.11. The maximum atomic E-state index is 9.80. The predicted molar refractivity (Wildman–Crippen MR) is 80.2 cm³/mol. The first kappa shape index (κ1) is 16.1. The molecule has 0 aliphatic heterocycles. The van der Waals surface area contributed by atoms with Crippen LogP contribution in [0.15, 0.2) is 30.3 Å². The van der Waals surface area contributed by atoms with E-state index in [1.807, 2.05) is 51.1 Å². The van der Waals surface area contributed by atoms with E-state index in [1.54, 1.807) is 0 Å². The molecule has 1 N–H and O–H groups in total. The molecule has 0 bridgehead atoms. The Hall–Kier alpha value is -0.970. The Labute approximate surface area is 120 Å². The van der Waals surface area contributed by atoms with Gasteiger partial charge >= 0.3 is 0 Å². The minimum atomic E-state index is -0.626. The maximum Gasteiger partial charge on any atom is 0.163 e. The first-order chi connectivity index (χ1) is 8.87. The largest absolute Gasteiger partial charge is 0.482 e. The molecule has 3 nitrogen and oxygen atoms in total. The zero-order valence-corrected chi connectivity index (χ0v) is 12.6. The van der Waals surface area contributed by atoms with Crippen molar-refractivity contribution in [2.45, 2.75) is 45.5 Å². The van der Waals surface area contributed by atoms with Crippen LogP contribution in [-0.2, 0) is 16.1 Å². The van der Waals surface area contributed by atoms with Gasteiger partial charge in [0.15, 0.2) is 5.05 Å². The molecule has 106 valence electrons. The number of rotatable bonds is 6. The van der Waals surface area contributed by atoms with Crippen LogP contribution in [0.1, 0.15) is 32.8 Å². The lowest BCUT2D eigenvalue weighted by Crippen LogP contribution is -2.27. The third-order valence-electron chi connectivity index (χ3n) is 2.24. The SMILES string of the molecule is CC(C)(C)OC(=S)CC(O)COCc1ccccc1. The highest BCUT2D eigenvalue weighted by Gasteiger charge is 2.16. The van der Waals surface area contributed by atoms with Crippen LogP contribution in [-0.4, -0.2) is 28.5 Å². The molecule has 0 aliphatic rings. The Balaban J connectivity index is 2.21. The van der Waals surface area contributed by atoms with Crippen LogP contribution in [0.2, 0.25) is 0 Å². The van der Waals surface area contributed by atoms with Crippen LogP contribution in [0, 0.1) is 0 Å². The van der Waals surface area contributed by atoms with Gasteiger partial charge in [-0.15, -0.1) is 0 Å². The van der Waals surface area contributed by atoms with Crippen molar-refractivity contribution >= 4 is 17.3 Å². The number of hydrogen-bond donors (Lipinski definition) is 1. The molecule has 0 amide bonds. The molecular formula is C15H22O3S. The quantitative estimate of drug-likeness (QED) is 0.814. The van der Waals surface area contributed by atoms with Crippen molar-refractivity contribution in [1.29, 1.82) is 0 Å². The molecule has 1 aromatic carbocycles. The topological polar surface area (TPSA) is 38.7 Å². The number of hydrogen-bond acceptors (Lipinski definition) is 4. The molecule has 0 radical (unpaired) electrons. The van der Waals surface area contributed by atoms with Gasteiger partial charge in [0, 0.05) is 6.42 Å². The molecular weight excluding hydrogens is 260 g/mol. The first-order valence-corrected chi connectivity index (χ1v) is 6.79. The van der Waals surface area contributed by atoms with Gasteiger partial charge in [-0.1, -0.05) is 30.3 Å². The van der Waals surface area contributed by atoms with Gasteiger partial charge in [0.25, 0.3) is 0 Å². The molecule has 0 spiro atoms. The lowest BCUT2D eigenvalue weighted by molar-refractivity contribution is 0.0264. The maximum absolute atomic E-state index is 9.80. The van der Waals surface area contributed by atoms with E-state index in [1.165, 1.54) is 0 Å². The van der Waals surface area contributed by atoms with Crippen molar-refractivity contribution in [1.82, 2.24) is 0 Å². The summed E-state index contributed by atoms with van der Waals surface area (Å²) in [5.74, 6) is 0. The summed E-state index contributed by atoms with van der Waals surface area (Å²) in [4.78, 5) is 0. The third kappa shape index (κ3) is 7.93. The van der Waals surface area contributed by atoms with Crippen LogP contribution in [0.3, 0.4) is 0 Å². The van der Waals surface area contributed by atoms with Gasteiger partial charge in [0.2, 0.25) is 0 Å². The summed E-state index contributed by atoms with van der Waals surface area (Å²) in [6.07, 6.45) is -0.306. The molecule has 0 fully saturated rings. The average molecular weight is 282 g/mol. The summed E-state index contributed by atoms with van der Waals surface area (Å²) in [5, 5.41) is 10.2. The van der Waals surface area contributed by atoms with E-state index in [9.17, 15) is 5.11 Å². The van der Waals surface area contributed by atoms with Gasteiger partial charge in [-0.3, -0.25) is 0 Å². The van der Waals surface area contributed by atoms with Crippen LogP contribution in [0.25, 0.3) is 0 Å². The normalized spacial score (nSPS) is 13.1. The van der Waals surface area contributed by atoms with E-state index in [4.69, 9.17) is 21.7 Å². The standard InChI is InChI=1S/C15H22O3S/c1-15(2,3)18-14(19)9-13(16)11-17-10-12-7-5-4-6-8-12/h4-8,13,16H,9-11H2,1-3H3. The summed E-state index contributed by atoms with van der Waals surface area (Å²) >= 11 is 5.08. The fourth-order valence-electron chi connectivity index (χ4n) is 1.52. The van der Waals surface area contributed by atoms with Gasteiger partial charge in [0.1, 0.15) is 5.60 Å². The monoisotopic (exact) mass is 282 g/mol. The first-order valence-electron chi connectivity index (χ1n) is 6.38. The van der Waals surface area contributed by atoms with Crippen molar-refractivity contribution in [2.75, 3.05) is 6.61 Å². The van der Waals surface area contributed by atoms with Crippen LogP contribution in [0.5, 0.6) is 0 Å². The fraction of sp³-hybridized carbons (Fsp3) is 0.533. The van der Waals surface area contributed by atoms with Gasteiger partial charge in [-0.25, -0.2) is 0 Å². The lowest BCUT2D eigenvalue weighted by Gasteiger charge is -2.22. The molecule has 1 unspecified atom stereocenters. The Bertz CT molecular complexity index is 384. The molecule has 0 saturated carbocycles. The Kier molecular flexibility index (Phi) is 6.42. The molecule has 0 aromatic heterocycles. The van der Waals surface area contributed by atoms with Crippen molar-refractivity contribution < 1.29 is 14.6 Å². The summed E-state index contributed by atoms with van der Waals surface area (Å²) in [7, 11) is 0. The lowest BCUT2D eigenvalue weighted by atomic mass is 10.2. The fourth-order valence-corrected chi connectivity index (χ4v) is 1.96. The second-order valence-electron chi connectivity index (χ2n) is 5.45. The molecule has 19 heavy (non-hydrogen) atoms. The third-order valence-corrected chi connectivity index (χ3v) is 2.49. The van der Waals surface area contributed by atoms with Crippen LogP contribution >= 0.6 is 12.2 Å². The number of aliphatic hydroxyl groups is 1. The number of ether oxygens (including phenoxy) is 2. The minimum Gasteiger partial charge on any atom is -0.482 e. The van der Waals surface area contributed by atoms with E-state index in [-0.39, 0.29) is 12.2 Å². The molecule has 0 aliphatic carbocycles. The van der Waals surface area contributed by atoms with E-state index < -0.39 is 6.10 Å². The second-order valence-corrected chi connectivity index (χ2v) is 5.90. The van der Waals surface area contributed by atoms with Crippen LogP contribution < -0.4 is 0 Å². The second kappa shape index (κ2) is 7.58. The van der Waals surface area contributed by atoms with Crippen molar-refractivity contribution in [2.24, 2.45) is 0 Å². The van der Waals surface area contributed by atoms with Crippen LogP contribution in [0.4, 0.5) is 0 Å². The minimum absolute atomic E-state index is 0.253. The van der Waals surface area contributed by atoms with E-state index >= 15 is 0 Å². The zero-order chi connectivity index (χ0) is 14.3. The van der Waals surface area contributed by atoms with Crippen molar-refractivity contribution in [3.8, 4) is 0 Å². The van der Waals surface area contributed by atoms with E-state index in [0.717, 1.165) is 5.56 Å². The molecule has 4 heteroatoms. The van der Waals surface area contributed by atoms with E-state index in [0.29, 0.717) is 18.1 Å². The molecule has 1 aromatic rings. The number of thiocarbonyl (C=S) groups is 1. The summed E-state index contributed by atoms with van der Waals surface area (Å²) in [6.45, 7) is 6.53. The molecule has 0 heterocycles. The van der Waals surface area contributed by atoms with Crippen molar-refractivity contribution in [3.63, 3.8) is 0 Å². The smallest absolute Gasteiger partial charge is 0.163 e. The molecule has 1 rings (SSSR count). The highest BCUT2D eigenvalue weighted by atomic mass is 32.1. The Morgan fingerprint density at radius 3 is 2.47 bits per heavy atom. The Morgan fingerprint density at radius 2 is 1.89 bits per heavy atom. The zero-order valence-electron chi connectivity index (χ0n) is 11.8. The van der Waals surface area contributed by atoms with Gasteiger partial charge in [0.05, 0.1) is 19.3 Å². The Morgan fingerprint density at radius 1 is 1.26 bits per heavy atom. The van der Waals surface area contributed by atoms with Gasteiger partial charge in [-0.2, -0.15) is 0 Å². The number of aliphatic hydroxyl groups excluding tert-OH is 1. The number of benzene rings is 1. The summed E-state index contributed by atoms with van der Waals surface area (Å²) in [5.41, 5.74) is 0.769. The summed E-state index contributed by atoms with van der Waals surface area (Å²) < 4.78 is 10.9. The van der Waals surface area contributed by atoms with Gasteiger partial charge in [-0.05, 0) is 38.6 Å². The summed E-state index contributed by atoms with van der Waals surface area (Å²) in [6, 6.07) is 9.85. The van der Waals surface area contributed by atoms with Gasteiger partial charge < -0.3 is 14.6 Å². The van der Waals surface area contributed by atoms with Crippen molar-refractivity contribution in [3.05, 3.63) is 35.9 Å². The highest BCUT2D eigenvalue weighted by molar-refractivity contribution is 7.80. The predicted octanol–water partition coefficient (Wildman–Crippen LogP) is 3.10. The average Bonchev–Trinajstić information content (AvgIpc) is 2.27. The molecule has 1 atom stereocenters. The van der Waals surface area contributed by atoms with E-state index in [2.05, 4.69) is 0 Å². The molecule has 0 saturated heterocycles.